The molecule has 0 bridgehead atoms. The number of halogens is 4. The van der Waals surface area contributed by atoms with Gasteiger partial charge in [-0.05, 0) is 29.8 Å². The van der Waals surface area contributed by atoms with E-state index in [-0.39, 0.29) is 29.8 Å². The Morgan fingerprint density at radius 1 is 1.17 bits per heavy atom. The fourth-order valence-electron chi connectivity index (χ4n) is 3.45. The standard InChI is InChI=1S/C21H17ClF3NO4/c1-28-9-8-26-10-15-16(29-11-26)7-6-14-18(27)17(12-2-4-13(22)5-3-12)20(21(23,24)25)30-19(14)15/h2-7H,8-11H2,1H3. The number of methoxy groups -OCH3 is 1. The van der Waals surface area contributed by atoms with Crippen molar-refractivity contribution in [3.8, 4) is 16.9 Å². The van der Waals surface area contributed by atoms with E-state index in [4.69, 9.17) is 25.5 Å². The molecule has 0 atom stereocenters. The van der Waals surface area contributed by atoms with E-state index in [9.17, 15) is 18.0 Å². The second-order valence-electron chi connectivity index (χ2n) is 6.88. The third-order valence-corrected chi connectivity index (χ3v) is 5.16. The van der Waals surface area contributed by atoms with Gasteiger partial charge >= 0.3 is 6.18 Å². The summed E-state index contributed by atoms with van der Waals surface area (Å²) in [5.74, 6) is -0.948. The summed E-state index contributed by atoms with van der Waals surface area (Å²) in [4.78, 5) is 15.0. The number of rotatable bonds is 4. The highest BCUT2D eigenvalue weighted by Gasteiger charge is 2.40. The molecule has 1 aromatic heterocycles. The van der Waals surface area contributed by atoms with Crippen LogP contribution in [-0.4, -0.2) is 31.9 Å². The second kappa shape index (κ2) is 7.94. The van der Waals surface area contributed by atoms with E-state index < -0.39 is 22.9 Å². The molecule has 1 aliphatic heterocycles. The molecule has 0 saturated heterocycles. The average Bonchev–Trinajstić information content (AvgIpc) is 2.72. The van der Waals surface area contributed by atoms with Crippen LogP contribution < -0.4 is 10.2 Å². The van der Waals surface area contributed by atoms with Crippen molar-refractivity contribution in [2.45, 2.75) is 12.7 Å². The largest absolute Gasteiger partial charge is 0.478 e. The van der Waals surface area contributed by atoms with E-state index in [1.165, 1.54) is 30.3 Å². The first-order valence-electron chi connectivity index (χ1n) is 9.09. The maximum Gasteiger partial charge on any atom is 0.450 e. The summed E-state index contributed by atoms with van der Waals surface area (Å²) in [6.45, 7) is 1.49. The van der Waals surface area contributed by atoms with Gasteiger partial charge in [0.15, 0.2) is 0 Å². The molecule has 2 heterocycles. The third-order valence-electron chi connectivity index (χ3n) is 4.91. The van der Waals surface area contributed by atoms with Gasteiger partial charge in [-0.2, -0.15) is 13.2 Å². The first-order chi connectivity index (χ1) is 14.3. The minimum absolute atomic E-state index is 0.0592. The van der Waals surface area contributed by atoms with Gasteiger partial charge in [0.1, 0.15) is 18.1 Å². The third kappa shape index (κ3) is 3.78. The number of fused-ring (bicyclic) bond motifs is 3. The van der Waals surface area contributed by atoms with Gasteiger partial charge < -0.3 is 13.9 Å². The van der Waals surface area contributed by atoms with Crippen molar-refractivity contribution >= 4 is 22.6 Å². The number of alkyl halides is 3. The molecule has 0 saturated carbocycles. The molecular weight excluding hydrogens is 423 g/mol. The van der Waals surface area contributed by atoms with E-state index in [0.29, 0.717) is 29.5 Å². The molecular formula is C21H17ClF3NO4. The zero-order valence-electron chi connectivity index (χ0n) is 15.9. The van der Waals surface area contributed by atoms with Crippen molar-refractivity contribution in [1.82, 2.24) is 4.90 Å². The predicted molar refractivity (Wildman–Crippen MR) is 106 cm³/mol. The first-order valence-corrected chi connectivity index (χ1v) is 9.47. The van der Waals surface area contributed by atoms with Gasteiger partial charge in [0.25, 0.3) is 0 Å². The number of hydrogen-bond acceptors (Lipinski definition) is 5. The van der Waals surface area contributed by atoms with Gasteiger partial charge in [-0.25, -0.2) is 0 Å². The van der Waals surface area contributed by atoms with Crippen LogP contribution in [0.1, 0.15) is 11.3 Å². The van der Waals surface area contributed by atoms with E-state index in [1.54, 1.807) is 13.2 Å². The van der Waals surface area contributed by atoms with Crippen LogP contribution in [0.5, 0.6) is 5.75 Å². The molecule has 3 aromatic rings. The lowest BCUT2D eigenvalue weighted by Crippen LogP contribution is -2.34. The van der Waals surface area contributed by atoms with Crippen molar-refractivity contribution in [3.63, 3.8) is 0 Å². The van der Waals surface area contributed by atoms with Gasteiger partial charge in [0, 0.05) is 25.2 Å². The van der Waals surface area contributed by atoms with Gasteiger partial charge in [-0.15, -0.1) is 0 Å². The zero-order valence-corrected chi connectivity index (χ0v) is 16.6. The Labute approximate surface area is 174 Å². The van der Waals surface area contributed by atoms with E-state index in [1.807, 2.05) is 4.90 Å². The van der Waals surface area contributed by atoms with E-state index in [2.05, 4.69) is 0 Å². The van der Waals surface area contributed by atoms with Crippen LogP contribution in [0.3, 0.4) is 0 Å². The van der Waals surface area contributed by atoms with E-state index in [0.717, 1.165) is 0 Å². The van der Waals surface area contributed by atoms with Crippen LogP contribution in [0.2, 0.25) is 5.02 Å². The predicted octanol–water partition coefficient (Wildman–Crippen LogP) is 4.93. The number of hydrogen-bond donors (Lipinski definition) is 0. The summed E-state index contributed by atoms with van der Waals surface area (Å²) < 4.78 is 57.7. The Balaban J connectivity index is 1.94. The van der Waals surface area contributed by atoms with Crippen molar-refractivity contribution in [1.29, 1.82) is 0 Å². The smallest absolute Gasteiger partial charge is 0.450 e. The fraction of sp³-hybridized carbons (Fsp3) is 0.286. The Kier molecular flexibility index (Phi) is 5.48. The molecule has 5 nitrogen and oxygen atoms in total. The van der Waals surface area contributed by atoms with Crippen LogP contribution in [-0.2, 0) is 17.5 Å². The molecule has 0 spiro atoms. The number of benzene rings is 2. The highest BCUT2D eigenvalue weighted by Crippen LogP contribution is 2.40. The lowest BCUT2D eigenvalue weighted by Gasteiger charge is -2.29. The summed E-state index contributed by atoms with van der Waals surface area (Å²) in [6, 6.07) is 8.60. The van der Waals surface area contributed by atoms with Crippen LogP contribution in [0.15, 0.2) is 45.6 Å². The Bertz CT molecular complexity index is 1140. The van der Waals surface area contributed by atoms with Crippen molar-refractivity contribution < 1.29 is 27.1 Å². The fourth-order valence-corrected chi connectivity index (χ4v) is 3.58. The van der Waals surface area contributed by atoms with Crippen LogP contribution in [0.4, 0.5) is 13.2 Å². The first kappa shape index (κ1) is 20.7. The summed E-state index contributed by atoms with van der Waals surface area (Å²) in [7, 11) is 1.56. The maximum absolute atomic E-state index is 13.9. The minimum Gasteiger partial charge on any atom is -0.478 e. The molecule has 0 radical (unpaired) electrons. The topological polar surface area (TPSA) is 51.9 Å². The van der Waals surface area contributed by atoms with Crippen LogP contribution >= 0.6 is 11.6 Å². The molecule has 0 unspecified atom stereocenters. The number of nitrogens with zero attached hydrogens (tertiary/aromatic N) is 1. The molecule has 158 valence electrons. The van der Waals surface area contributed by atoms with Gasteiger partial charge in [-0.1, -0.05) is 23.7 Å². The minimum atomic E-state index is -4.86. The second-order valence-corrected chi connectivity index (χ2v) is 7.31. The maximum atomic E-state index is 13.9. The Morgan fingerprint density at radius 2 is 1.90 bits per heavy atom. The van der Waals surface area contributed by atoms with Gasteiger partial charge in [0.2, 0.25) is 11.2 Å². The molecule has 2 aromatic carbocycles. The average molecular weight is 440 g/mol. The van der Waals surface area contributed by atoms with Crippen molar-refractivity contribution in [2.75, 3.05) is 27.0 Å². The Hall–Kier alpha value is -2.55. The van der Waals surface area contributed by atoms with E-state index >= 15 is 0 Å². The summed E-state index contributed by atoms with van der Waals surface area (Å²) in [5, 5.41) is 0.406. The summed E-state index contributed by atoms with van der Waals surface area (Å²) >= 11 is 5.84. The summed E-state index contributed by atoms with van der Waals surface area (Å²) in [6.07, 6.45) is -4.86. The molecule has 0 N–H and O–H groups in total. The molecule has 1 aliphatic rings. The van der Waals surface area contributed by atoms with Gasteiger partial charge in [-0.3, -0.25) is 9.69 Å². The molecule has 0 fully saturated rings. The zero-order chi connectivity index (χ0) is 21.5. The highest BCUT2D eigenvalue weighted by atomic mass is 35.5. The summed E-state index contributed by atoms with van der Waals surface area (Å²) in [5.41, 5.74) is -0.940. The van der Waals surface area contributed by atoms with Crippen molar-refractivity contribution in [2.24, 2.45) is 0 Å². The molecule has 9 heteroatoms. The monoisotopic (exact) mass is 439 g/mol. The lowest BCUT2D eigenvalue weighted by molar-refractivity contribution is -0.152. The molecule has 30 heavy (non-hydrogen) atoms. The number of ether oxygens (including phenoxy) is 2. The highest BCUT2D eigenvalue weighted by molar-refractivity contribution is 6.30. The van der Waals surface area contributed by atoms with Crippen LogP contribution in [0, 0.1) is 0 Å². The van der Waals surface area contributed by atoms with Gasteiger partial charge in [0.05, 0.1) is 23.1 Å². The molecule has 0 amide bonds. The lowest BCUT2D eigenvalue weighted by atomic mass is 10.00. The molecule has 4 rings (SSSR count). The normalized spacial score (nSPS) is 14.6. The Morgan fingerprint density at radius 3 is 2.57 bits per heavy atom. The van der Waals surface area contributed by atoms with Crippen molar-refractivity contribution in [3.05, 3.63) is 63.0 Å². The van der Waals surface area contributed by atoms with Crippen LogP contribution in [0.25, 0.3) is 22.1 Å². The SMILES string of the molecule is COCCN1COc2ccc3c(=O)c(-c4ccc(Cl)cc4)c(C(F)(F)F)oc3c2C1. The quantitative estimate of drug-likeness (QED) is 0.577. The molecule has 0 aliphatic carbocycles.